The number of hydrogen-bond acceptors (Lipinski definition) is 3. The van der Waals surface area contributed by atoms with Gasteiger partial charge in [0.1, 0.15) is 5.82 Å². The molecule has 6 nitrogen and oxygen atoms in total. The summed E-state index contributed by atoms with van der Waals surface area (Å²) in [6, 6.07) is 9.27. The third-order valence-corrected chi connectivity index (χ3v) is 8.29. The molecule has 6 rings (SSSR count). The summed E-state index contributed by atoms with van der Waals surface area (Å²) in [5, 5.41) is 8.41. The summed E-state index contributed by atoms with van der Waals surface area (Å²) in [4.78, 5) is 28.3. The standard InChI is InChI=1S/C27H35ClN4O2/c1-26(2,3)22-12-23(32(30-22)21-7-5-20(28)6-8-21)29-24(33)16-31(4)25(34)27-13-17-9-18(14-27)11-19(10-17)15-27/h5-8,12,17-19H,9-11,13-16H2,1-4H3,(H,29,33). The number of benzene rings is 1. The number of nitrogens with zero attached hydrogens (tertiary/aromatic N) is 3. The van der Waals surface area contributed by atoms with E-state index in [9.17, 15) is 9.59 Å². The Bertz CT molecular complexity index is 1060. The van der Waals surface area contributed by atoms with E-state index in [1.54, 1.807) is 28.8 Å². The molecule has 0 atom stereocenters. The monoisotopic (exact) mass is 482 g/mol. The Morgan fingerprint density at radius 2 is 1.65 bits per heavy atom. The lowest BCUT2D eigenvalue weighted by Crippen LogP contribution is -2.54. The maximum absolute atomic E-state index is 13.6. The third-order valence-electron chi connectivity index (χ3n) is 8.04. The Morgan fingerprint density at radius 1 is 1.09 bits per heavy atom. The van der Waals surface area contributed by atoms with Gasteiger partial charge >= 0.3 is 0 Å². The van der Waals surface area contributed by atoms with Crippen LogP contribution >= 0.6 is 11.6 Å². The molecule has 4 bridgehead atoms. The number of aromatic nitrogens is 2. The molecule has 0 aliphatic heterocycles. The molecule has 182 valence electrons. The molecule has 0 radical (unpaired) electrons. The fraction of sp³-hybridized carbons (Fsp3) is 0.593. The first-order valence-electron chi connectivity index (χ1n) is 12.4. The lowest BCUT2D eigenvalue weighted by Gasteiger charge is -2.56. The fourth-order valence-corrected chi connectivity index (χ4v) is 6.99. The number of rotatable bonds is 5. The van der Waals surface area contributed by atoms with Gasteiger partial charge in [-0.15, -0.1) is 0 Å². The molecule has 0 spiro atoms. The van der Waals surface area contributed by atoms with Crippen molar-refractivity contribution in [2.75, 3.05) is 18.9 Å². The van der Waals surface area contributed by atoms with E-state index in [2.05, 4.69) is 26.1 Å². The highest BCUT2D eigenvalue weighted by Crippen LogP contribution is 2.60. The fourth-order valence-electron chi connectivity index (χ4n) is 6.86. The predicted octanol–water partition coefficient (Wildman–Crippen LogP) is 5.44. The highest BCUT2D eigenvalue weighted by Gasteiger charge is 2.55. The zero-order valence-electron chi connectivity index (χ0n) is 20.6. The van der Waals surface area contributed by atoms with Crippen LogP contribution in [0.25, 0.3) is 5.69 Å². The van der Waals surface area contributed by atoms with Crippen LogP contribution in [0.15, 0.2) is 30.3 Å². The minimum Gasteiger partial charge on any atom is -0.336 e. The lowest BCUT2D eigenvalue weighted by atomic mass is 9.49. The van der Waals surface area contributed by atoms with Crippen LogP contribution in [-0.4, -0.2) is 40.1 Å². The van der Waals surface area contributed by atoms with Crippen molar-refractivity contribution in [1.29, 1.82) is 0 Å². The number of likely N-dealkylation sites (N-methyl/N-ethyl adjacent to an activating group) is 1. The number of halogens is 1. The summed E-state index contributed by atoms with van der Waals surface area (Å²) < 4.78 is 1.73. The minimum absolute atomic E-state index is 0.0389. The van der Waals surface area contributed by atoms with Crippen molar-refractivity contribution in [2.45, 2.75) is 64.7 Å². The molecule has 0 saturated heterocycles. The molecule has 1 N–H and O–H groups in total. The summed E-state index contributed by atoms with van der Waals surface area (Å²) in [6.45, 7) is 6.30. The number of anilines is 1. The second-order valence-corrected chi connectivity index (χ2v) is 12.4. The van der Waals surface area contributed by atoms with E-state index < -0.39 is 0 Å². The van der Waals surface area contributed by atoms with Gasteiger partial charge in [-0.05, 0) is 80.5 Å². The second kappa shape index (κ2) is 8.40. The average molecular weight is 483 g/mol. The number of carbonyl (C=O) groups is 2. The summed E-state index contributed by atoms with van der Waals surface area (Å²) in [5.74, 6) is 2.62. The molecular formula is C27H35ClN4O2. The molecule has 34 heavy (non-hydrogen) atoms. The summed E-state index contributed by atoms with van der Waals surface area (Å²) >= 11 is 6.06. The van der Waals surface area contributed by atoms with Crippen LogP contribution in [0.1, 0.15) is 65.0 Å². The SMILES string of the molecule is CN(CC(=O)Nc1cc(C(C)(C)C)nn1-c1ccc(Cl)cc1)C(=O)C12CC3CC(CC(C3)C1)C2. The van der Waals surface area contributed by atoms with Gasteiger partial charge in [0.25, 0.3) is 0 Å². The summed E-state index contributed by atoms with van der Waals surface area (Å²) in [7, 11) is 1.78. The van der Waals surface area contributed by atoms with Crippen molar-refractivity contribution in [3.63, 3.8) is 0 Å². The van der Waals surface area contributed by atoms with Crippen LogP contribution in [0.3, 0.4) is 0 Å². The molecule has 4 aliphatic rings. The Balaban J connectivity index is 1.32. The number of hydrogen-bond donors (Lipinski definition) is 1. The van der Waals surface area contributed by atoms with Crippen molar-refractivity contribution in [3.05, 3.63) is 41.0 Å². The molecule has 1 aromatic carbocycles. The highest BCUT2D eigenvalue weighted by molar-refractivity contribution is 6.30. The van der Waals surface area contributed by atoms with E-state index in [0.29, 0.717) is 28.6 Å². The number of amides is 2. The molecule has 1 aromatic heterocycles. The minimum atomic E-state index is -0.242. The molecule has 4 saturated carbocycles. The molecule has 2 aromatic rings. The van der Waals surface area contributed by atoms with E-state index in [-0.39, 0.29) is 29.2 Å². The highest BCUT2D eigenvalue weighted by atomic mass is 35.5. The summed E-state index contributed by atoms with van der Waals surface area (Å²) in [6.07, 6.45) is 6.89. The normalized spacial score (nSPS) is 27.6. The van der Waals surface area contributed by atoms with Crippen molar-refractivity contribution in [1.82, 2.24) is 14.7 Å². The zero-order chi connectivity index (χ0) is 24.3. The molecule has 7 heteroatoms. The van der Waals surface area contributed by atoms with Crippen molar-refractivity contribution in [2.24, 2.45) is 23.2 Å². The van der Waals surface area contributed by atoms with Crippen LogP contribution in [0.4, 0.5) is 5.82 Å². The van der Waals surface area contributed by atoms with Gasteiger partial charge in [-0.25, -0.2) is 4.68 Å². The van der Waals surface area contributed by atoms with Gasteiger partial charge in [-0.2, -0.15) is 5.10 Å². The Labute approximate surface area is 207 Å². The Kier molecular flexibility index (Phi) is 5.78. The first-order valence-corrected chi connectivity index (χ1v) is 12.8. The maximum Gasteiger partial charge on any atom is 0.245 e. The molecule has 0 unspecified atom stereocenters. The van der Waals surface area contributed by atoms with Crippen LogP contribution in [0, 0.1) is 23.2 Å². The smallest absolute Gasteiger partial charge is 0.245 e. The van der Waals surface area contributed by atoms with Crippen LogP contribution in [-0.2, 0) is 15.0 Å². The molecule has 4 fully saturated rings. The molecule has 2 amide bonds. The van der Waals surface area contributed by atoms with E-state index in [1.165, 1.54) is 19.3 Å². The topological polar surface area (TPSA) is 67.2 Å². The second-order valence-electron chi connectivity index (χ2n) is 12.0. The van der Waals surface area contributed by atoms with Gasteiger partial charge in [0.05, 0.1) is 23.3 Å². The predicted molar refractivity (Wildman–Crippen MR) is 134 cm³/mol. The van der Waals surface area contributed by atoms with Crippen LogP contribution < -0.4 is 5.32 Å². The Morgan fingerprint density at radius 3 is 2.18 bits per heavy atom. The first-order chi connectivity index (χ1) is 16.0. The van der Waals surface area contributed by atoms with Gasteiger partial charge < -0.3 is 10.2 Å². The van der Waals surface area contributed by atoms with Crippen molar-refractivity contribution in [3.8, 4) is 5.69 Å². The van der Waals surface area contributed by atoms with Gasteiger partial charge in [0.2, 0.25) is 11.8 Å². The van der Waals surface area contributed by atoms with E-state index in [1.807, 2.05) is 18.2 Å². The largest absolute Gasteiger partial charge is 0.336 e. The average Bonchev–Trinajstić information content (AvgIpc) is 3.16. The van der Waals surface area contributed by atoms with Crippen molar-refractivity contribution >= 4 is 29.2 Å². The van der Waals surface area contributed by atoms with Gasteiger partial charge in [0.15, 0.2) is 0 Å². The number of carbonyl (C=O) groups excluding carboxylic acids is 2. The van der Waals surface area contributed by atoms with Crippen LogP contribution in [0.5, 0.6) is 0 Å². The molecule has 1 heterocycles. The Hall–Kier alpha value is -2.34. The first kappa shape index (κ1) is 23.4. The zero-order valence-corrected chi connectivity index (χ0v) is 21.4. The lowest BCUT2D eigenvalue weighted by molar-refractivity contribution is -0.157. The summed E-state index contributed by atoms with van der Waals surface area (Å²) in [5.41, 5.74) is 1.26. The number of nitrogens with one attached hydrogen (secondary N) is 1. The van der Waals surface area contributed by atoms with E-state index in [4.69, 9.17) is 16.7 Å². The maximum atomic E-state index is 13.6. The van der Waals surface area contributed by atoms with Gasteiger partial charge in [0, 0.05) is 23.6 Å². The van der Waals surface area contributed by atoms with Gasteiger partial charge in [-0.3, -0.25) is 9.59 Å². The van der Waals surface area contributed by atoms with E-state index >= 15 is 0 Å². The van der Waals surface area contributed by atoms with E-state index in [0.717, 1.165) is 30.6 Å². The van der Waals surface area contributed by atoms with Gasteiger partial charge in [-0.1, -0.05) is 32.4 Å². The quantitative estimate of drug-likeness (QED) is 0.617. The van der Waals surface area contributed by atoms with Crippen molar-refractivity contribution < 1.29 is 9.59 Å². The molecule has 4 aliphatic carbocycles. The third kappa shape index (κ3) is 4.37. The molecular weight excluding hydrogens is 448 g/mol. The van der Waals surface area contributed by atoms with Crippen LogP contribution in [0.2, 0.25) is 5.02 Å².